The van der Waals surface area contributed by atoms with Gasteiger partial charge in [-0.3, -0.25) is 4.79 Å². The molecule has 0 spiro atoms. The SMILES string of the molecule is CCCC(Nc1ccccc1C(=O)CS(C)(=O)=O)C1CC1C. The second-order valence-electron chi connectivity index (χ2n) is 6.46. The summed E-state index contributed by atoms with van der Waals surface area (Å²) in [6.45, 7) is 4.40. The topological polar surface area (TPSA) is 63.2 Å². The number of anilines is 1. The van der Waals surface area contributed by atoms with Crippen molar-refractivity contribution in [3.8, 4) is 0 Å². The van der Waals surface area contributed by atoms with Crippen LogP contribution in [0.1, 0.15) is 43.5 Å². The first kappa shape index (κ1) is 17.0. The highest BCUT2D eigenvalue weighted by Crippen LogP contribution is 2.43. The molecule has 5 heteroatoms. The number of hydrogen-bond acceptors (Lipinski definition) is 4. The van der Waals surface area contributed by atoms with Gasteiger partial charge in [-0.05, 0) is 36.8 Å². The van der Waals surface area contributed by atoms with Crippen LogP contribution in [-0.4, -0.2) is 32.3 Å². The molecule has 0 saturated heterocycles. The van der Waals surface area contributed by atoms with Crippen LogP contribution in [0.25, 0.3) is 0 Å². The summed E-state index contributed by atoms with van der Waals surface area (Å²) in [7, 11) is -3.32. The average molecular weight is 323 g/mol. The molecule has 1 aliphatic rings. The lowest BCUT2D eigenvalue weighted by Gasteiger charge is -2.21. The molecule has 4 nitrogen and oxygen atoms in total. The predicted octanol–water partition coefficient (Wildman–Crippen LogP) is 3.15. The molecule has 1 aromatic carbocycles. The third-order valence-electron chi connectivity index (χ3n) is 4.25. The van der Waals surface area contributed by atoms with E-state index in [2.05, 4.69) is 19.2 Å². The maximum absolute atomic E-state index is 12.3. The Labute approximate surface area is 133 Å². The summed E-state index contributed by atoms with van der Waals surface area (Å²) in [6, 6.07) is 7.57. The van der Waals surface area contributed by atoms with E-state index in [9.17, 15) is 13.2 Å². The van der Waals surface area contributed by atoms with Crippen molar-refractivity contribution in [2.75, 3.05) is 17.3 Å². The lowest BCUT2D eigenvalue weighted by molar-refractivity contribution is 0.102. The lowest BCUT2D eigenvalue weighted by Crippen LogP contribution is -2.24. The Morgan fingerprint density at radius 3 is 2.55 bits per heavy atom. The molecule has 3 atom stereocenters. The molecule has 1 fully saturated rings. The summed E-state index contributed by atoms with van der Waals surface area (Å²) in [5.74, 6) is 0.592. The van der Waals surface area contributed by atoms with Gasteiger partial charge in [0.25, 0.3) is 0 Å². The Morgan fingerprint density at radius 1 is 1.36 bits per heavy atom. The van der Waals surface area contributed by atoms with Gasteiger partial charge >= 0.3 is 0 Å². The zero-order valence-electron chi connectivity index (χ0n) is 13.5. The summed E-state index contributed by atoms with van der Waals surface area (Å²) in [5.41, 5.74) is 1.23. The third-order valence-corrected chi connectivity index (χ3v) is 5.04. The molecule has 1 aliphatic carbocycles. The number of benzene rings is 1. The van der Waals surface area contributed by atoms with Crippen LogP contribution in [0.2, 0.25) is 0 Å². The molecule has 0 aliphatic heterocycles. The van der Waals surface area contributed by atoms with Crippen LogP contribution in [0.3, 0.4) is 0 Å². The zero-order valence-corrected chi connectivity index (χ0v) is 14.3. The number of hydrogen-bond donors (Lipinski definition) is 1. The van der Waals surface area contributed by atoms with E-state index >= 15 is 0 Å². The molecule has 0 amide bonds. The zero-order chi connectivity index (χ0) is 16.3. The van der Waals surface area contributed by atoms with E-state index in [-0.39, 0.29) is 5.78 Å². The monoisotopic (exact) mass is 323 g/mol. The summed E-state index contributed by atoms with van der Waals surface area (Å²) < 4.78 is 22.7. The summed E-state index contributed by atoms with van der Waals surface area (Å²) in [6.07, 6.45) is 4.45. The first-order chi connectivity index (χ1) is 10.3. The first-order valence-electron chi connectivity index (χ1n) is 7.88. The number of carbonyl (C=O) groups excluding carboxylic acids is 1. The molecule has 1 N–H and O–H groups in total. The molecule has 122 valence electrons. The van der Waals surface area contributed by atoms with E-state index in [0.29, 0.717) is 17.5 Å². The van der Waals surface area contributed by atoms with E-state index in [4.69, 9.17) is 0 Å². The van der Waals surface area contributed by atoms with E-state index in [1.807, 2.05) is 12.1 Å². The van der Waals surface area contributed by atoms with E-state index in [0.717, 1.165) is 30.7 Å². The number of nitrogens with one attached hydrogen (secondary N) is 1. The van der Waals surface area contributed by atoms with Gasteiger partial charge in [-0.2, -0.15) is 0 Å². The minimum absolute atomic E-state index is 0.343. The van der Waals surface area contributed by atoms with Gasteiger partial charge in [0, 0.05) is 23.5 Å². The smallest absolute Gasteiger partial charge is 0.179 e. The van der Waals surface area contributed by atoms with Crippen LogP contribution in [0.4, 0.5) is 5.69 Å². The maximum Gasteiger partial charge on any atom is 0.179 e. The van der Waals surface area contributed by atoms with Crippen LogP contribution in [-0.2, 0) is 9.84 Å². The first-order valence-corrected chi connectivity index (χ1v) is 9.94. The van der Waals surface area contributed by atoms with Crippen molar-refractivity contribution in [2.45, 2.75) is 39.2 Å². The highest BCUT2D eigenvalue weighted by molar-refractivity contribution is 7.91. The Bertz CT molecular complexity index is 639. The molecule has 0 aromatic heterocycles. The Hall–Kier alpha value is -1.36. The van der Waals surface area contributed by atoms with Crippen molar-refractivity contribution >= 4 is 21.3 Å². The quantitative estimate of drug-likeness (QED) is 0.747. The van der Waals surface area contributed by atoms with Gasteiger partial charge in [0.1, 0.15) is 5.75 Å². The van der Waals surface area contributed by atoms with Crippen LogP contribution in [0.5, 0.6) is 0 Å². The van der Waals surface area contributed by atoms with Gasteiger partial charge in [0.05, 0.1) is 0 Å². The molecule has 1 aromatic rings. The van der Waals surface area contributed by atoms with Crippen molar-refractivity contribution in [3.05, 3.63) is 29.8 Å². The molecule has 0 bridgehead atoms. The van der Waals surface area contributed by atoms with Crippen molar-refractivity contribution in [2.24, 2.45) is 11.8 Å². The van der Waals surface area contributed by atoms with Crippen LogP contribution < -0.4 is 5.32 Å². The van der Waals surface area contributed by atoms with Gasteiger partial charge in [-0.25, -0.2) is 8.42 Å². The second-order valence-corrected chi connectivity index (χ2v) is 8.60. The van der Waals surface area contributed by atoms with Gasteiger partial charge in [-0.15, -0.1) is 0 Å². The number of sulfone groups is 1. The van der Waals surface area contributed by atoms with Gasteiger partial charge in [-0.1, -0.05) is 32.4 Å². The van der Waals surface area contributed by atoms with Crippen molar-refractivity contribution in [1.29, 1.82) is 0 Å². The van der Waals surface area contributed by atoms with Crippen molar-refractivity contribution in [1.82, 2.24) is 0 Å². The Balaban J connectivity index is 2.18. The predicted molar refractivity (Wildman–Crippen MR) is 90.1 cm³/mol. The largest absolute Gasteiger partial charge is 0.381 e. The highest BCUT2D eigenvalue weighted by atomic mass is 32.2. The third kappa shape index (κ3) is 4.57. The Kier molecular flexibility index (Phi) is 5.27. The van der Waals surface area contributed by atoms with Gasteiger partial charge in [0.15, 0.2) is 15.6 Å². The van der Waals surface area contributed by atoms with Gasteiger partial charge in [0.2, 0.25) is 0 Å². The fourth-order valence-corrected chi connectivity index (χ4v) is 3.62. The second kappa shape index (κ2) is 6.82. The molecular formula is C17H25NO3S. The minimum atomic E-state index is -3.32. The molecule has 3 unspecified atom stereocenters. The highest BCUT2D eigenvalue weighted by Gasteiger charge is 2.39. The minimum Gasteiger partial charge on any atom is -0.381 e. The number of rotatable bonds is 8. The Morgan fingerprint density at radius 2 is 2.00 bits per heavy atom. The molecule has 1 saturated carbocycles. The average Bonchev–Trinajstić information content (AvgIpc) is 3.14. The molecule has 2 rings (SSSR count). The maximum atomic E-state index is 12.3. The van der Waals surface area contributed by atoms with Crippen molar-refractivity contribution < 1.29 is 13.2 Å². The molecular weight excluding hydrogens is 298 g/mol. The lowest BCUT2D eigenvalue weighted by atomic mass is 10.0. The summed E-state index contributed by atoms with van der Waals surface area (Å²) in [5, 5.41) is 3.49. The summed E-state index contributed by atoms with van der Waals surface area (Å²) >= 11 is 0. The normalized spacial score (nSPS) is 22.1. The standard InChI is InChI=1S/C17H25NO3S/c1-4-7-15(14-10-12(14)2)18-16-9-6-5-8-13(16)17(19)11-22(3,20)21/h5-6,8-9,12,14-15,18H,4,7,10-11H2,1-3H3. The fourth-order valence-electron chi connectivity index (χ4n) is 2.98. The van der Waals surface area contributed by atoms with Crippen molar-refractivity contribution in [3.63, 3.8) is 0 Å². The number of carbonyl (C=O) groups is 1. The van der Waals surface area contributed by atoms with E-state index in [1.54, 1.807) is 12.1 Å². The summed E-state index contributed by atoms with van der Waals surface area (Å²) in [4.78, 5) is 12.3. The van der Waals surface area contributed by atoms with Crippen LogP contribution >= 0.6 is 0 Å². The molecule has 22 heavy (non-hydrogen) atoms. The number of Topliss-reactive ketones (excluding diaryl/α,β-unsaturated/α-hetero) is 1. The fraction of sp³-hybridized carbons (Fsp3) is 0.588. The molecule has 0 radical (unpaired) electrons. The van der Waals surface area contributed by atoms with Crippen LogP contribution in [0, 0.1) is 11.8 Å². The van der Waals surface area contributed by atoms with E-state index in [1.165, 1.54) is 6.42 Å². The van der Waals surface area contributed by atoms with Crippen LogP contribution in [0.15, 0.2) is 24.3 Å². The number of para-hydroxylation sites is 1. The van der Waals surface area contributed by atoms with E-state index < -0.39 is 15.6 Å². The number of ketones is 1. The van der Waals surface area contributed by atoms with Gasteiger partial charge < -0.3 is 5.32 Å². The molecule has 0 heterocycles.